The lowest BCUT2D eigenvalue weighted by Gasteiger charge is -2.28. The van der Waals surface area contributed by atoms with E-state index in [9.17, 15) is 14.0 Å². The van der Waals surface area contributed by atoms with E-state index in [1.807, 2.05) is 13.8 Å². The van der Waals surface area contributed by atoms with Crippen LogP contribution in [0.25, 0.3) is 0 Å². The van der Waals surface area contributed by atoms with Crippen molar-refractivity contribution in [1.29, 1.82) is 5.41 Å². The number of halogens is 1. The van der Waals surface area contributed by atoms with Crippen molar-refractivity contribution in [1.82, 2.24) is 15.5 Å². The number of allylic oxidation sites excluding steroid dienone is 4. The van der Waals surface area contributed by atoms with Gasteiger partial charge in [-0.25, -0.2) is 4.39 Å². The van der Waals surface area contributed by atoms with Gasteiger partial charge in [0.05, 0.1) is 13.2 Å². The summed E-state index contributed by atoms with van der Waals surface area (Å²) in [5, 5.41) is 21.9. The number of ether oxygens (including phenoxy) is 1. The molecule has 1 atom stereocenters. The lowest BCUT2D eigenvalue weighted by molar-refractivity contribution is -0.135. The Kier molecular flexibility index (Phi) is 8.99. The van der Waals surface area contributed by atoms with Crippen LogP contribution in [0.4, 0.5) is 4.39 Å². The van der Waals surface area contributed by atoms with Gasteiger partial charge in [0.25, 0.3) is 5.91 Å². The highest BCUT2D eigenvalue weighted by molar-refractivity contribution is 6.05. The summed E-state index contributed by atoms with van der Waals surface area (Å²) in [4.78, 5) is 26.8. The highest BCUT2D eigenvalue weighted by Gasteiger charge is 2.35. The largest absolute Gasteiger partial charge is 0.461 e. The molecule has 2 aliphatic rings. The number of aliphatic hydroxyl groups is 1. The van der Waals surface area contributed by atoms with Gasteiger partial charge >= 0.3 is 0 Å². The number of carbonyl (C=O) groups excluding carboxylic acids is 2. The molecule has 0 radical (unpaired) electrons. The minimum atomic E-state index is -0.796. The van der Waals surface area contributed by atoms with Crippen molar-refractivity contribution >= 4 is 17.6 Å². The van der Waals surface area contributed by atoms with Gasteiger partial charge in [-0.3, -0.25) is 15.0 Å². The Morgan fingerprint density at radius 3 is 2.87 bits per heavy atom. The first-order valence-electron chi connectivity index (χ1n) is 10.4. The third kappa shape index (κ3) is 7.06. The van der Waals surface area contributed by atoms with Crippen molar-refractivity contribution < 1.29 is 23.8 Å². The second kappa shape index (κ2) is 11.5. The lowest BCUT2D eigenvalue weighted by atomic mass is 10.0. The van der Waals surface area contributed by atoms with Gasteiger partial charge in [-0.15, -0.1) is 0 Å². The summed E-state index contributed by atoms with van der Waals surface area (Å²) in [5.41, 5.74) is 0.514. The van der Waals surface area contributed by atoms with Crippen LogP contribution in [0.5, 0.6) is 0 Å². The molecule has 1 heterocycles. The molecule has 2 amide bonds. The molecule has 0 saturated carbocycles. The summed E-state index contributed by atoms with van der Waals surface area (Å²) in [7, 11) is 0. The van der Waals surface area contributed by atoms with E-state index in [0.29, 0.717) is 37.1 Å². The standard InChI is InChI=1S/C22H31FN4O4/c1-14(2)11-17(22(30)26-19(24)7-8-25-9-10-28)27-13-16(12-20(27)29)31-18-6-4-5-15(3)21(18)23/h5,7-8,12,14,17,25,28H,4,6,9-11,13H2,1-3H3,(H2,24,26,30)/b8-7-/t17-/m0/s1. The molecule has 0 aromatic heterocycles. The number of nitrogens with zero attached hydrogens (tertiary/aromatic N) is 1. The maximum absolute atomic E-state index is 14.3. The van der Waals surface area contributed by atoms with Gasteiger partial charge in [-0.1, -0.05) is 19.9 Å². The third-order valence-corrected chi connectivity index (χ3v) is 4.82. The molecular formula is C22H31FN4O4. The summed E-state index contributed by atoms with van der Waals surface area (Å²) in [6, 6.07) is -0.796. The number of rotatable bonds is 10. The fraction of sp³-hybridized carbons (Fsp3) is 0.500. The molecule has 0 bridgehead atoms. The van der Waals surface area contributed by atoms with Crippen LogP contribution in [0.2, 0.25) is 0 Å². The topological polar surface area (TPSA) is 115 Å². The van der Waals surface area contributed by atoms with Crippen LogP contribution >= 0.6 is 0 Å². The van der Waals surface area contributed by atoms with Gasteiger partial charge in [0.15, 0.2) is 5.83 Å². The predicted octanol–water partition coefficient (Wildman–Crippen LogP) is 2.25. The van der Waals surface area contributed by atoms with Gasteiger partial charge in [0.1, 0.15) is 23.4 Å². The molecule has 1 aliphatic heterocycles. The predicted molar refractivity (Wildman–Crippen MR) is 115 cm³/mol. The van der Waals surface area contributed by atoms with Crippen LogP contribution in [-0.2, 0) is 14.3 Å². The third-order valence-electron chi connectivity index (χ3n) is 4.82. The normalized spacial score (nSPS) is 17.7. The minimum absolute atomic E-state index is 0.0500. The molecule has 0 spiro atoms. The quantitative estimate of drug-likeness (QED) is 0.239. The summed E-state index contributed by atoms with van der Waals surface area (Å²) < 4.78 is 20.0. The fourth-order valence-corrected chi connectivity index (χ4v) is 3.30. The number of hydrogen-bond donors (Lipinski definition) is 4. The zero-order chi connectivity index (χ0) is 23.0. The van der Waals surface area contributed by atoms with Crippen molar-refractivity contribution in [2.45, 2.75) is 46.1 Å². The first kappa shape index (κ1) is 24.3. The Bertz CT molecular complexity index is 829. The first-order chi connectivity index (χ1) is 14.7. The van der Waals surface area contributed by atoms with Crippen molar-refractivity contribution in [2.75, 3.05) is 19.7 Å². The molecule has 0 unspecified atom stereocenters. The Labute approximate surface area is 182 Å². The summed E-state index contributed by atoms with van der Waals surface area (Å²) in [5.74, 6) is -0.790. The summed E-state index contributed by atoms with van der Waals surface area (Å²) >= 11 is 0. The molecule has 8 nitrogen and oxygen atoms in total. The molecule has 0 fully saturated rings. The SMILES string of the molecule is CC1=CCCC(OC2=CC(=O)N([C@@H](CC(C)C)C(=O)NC(=N)/C=C\NCCO)C2)=C1F. The Morgan fingerprint density at radius 2 is 2.19 bits per heavy atom. The van der Waals surface area contributed by atoms with Crippen molar-refractivity contribution in [3.8, 4) is 0 Å². The maximum atomic E-state index is 14.3. The number of nitrogens with one attached hydrogen (secondary N) is 3. The van der Waals surface area contributed by atoms with E-state index in [0.717, 1.165) is 0 Å². The van der Waals surface area contributed by atoms with E-state index in [1.54, 1.807) is 13.0 Å². The lowest BCUT2D eigenvalue weighted by Crippen LogP contribution is -2.49. The van der Waals surface area contributed by atoms with Crippen molar-refractivity contribution in [2.24, 2.45) is 5.92 Å². The van der Waals surface area contributed by atoms with Crippen LogP contribution in [-0.4, -0.2) is 53.4 Å². The molecule has 31 heavy (non-hydrogen) atoms. The van der Waals surface area contributed by atoms with E-state index in [1.165, 1.54) is 23.3 Å². The van der Waals surface area contributed by atoms with Crippen molar-refractivity contribution in [3.63, 3.8) is 0 Å². The number of hydrogen-bond acceptors (Lipinski definition) is 6. The van der Waals surface area contributed by atoms with E-state index in [-0.39, 0.29) is 36.6 Å². The van der Waals surface area contributed by atoms with Crippen LogP contribution in [0, 0.1) is 11.3 Å². The van der Waals surface area contributed by atoms with E-state index in [4.69, 9.17) is 15.3 Å². The second-order valence-corrected chi connectivity index (χ2v) is 7.90. The van der Waals surface area contributed by atoms with Crippen LogP contribution in [0.3, 0.4) is 0 Å². The highest BCUT2D eigenvalue weighted by atomic mass is 19.1. The van der Waals surface area contributed by atoms with E-state index >= 15 is 0 Å². The highest BCUT2D eigenvalue weighted by Crippen LogP contribution is 2.30. The average molecular weight is 435 g/mol. The summed E-state index contributed by atoms with van der Waals surface area (Å²) in [6.45, 7) is 5.89. The molecule has 0 saturated heterocycles. The van der Waals surface area contributed by atoms with Crippen LogP contribution < -0.4 is 10.6 Å². The van der Waals surface area contributed by atoms with Crippen LogP contribution in [0.15, 0.2) is 47.3 Å². The van der Waals surface area contributed by atoms with Gasteiger partial charge in [0.2, 0.25) is 5.91 Å². The molecule has 1 aliphatic carbocycles. The molecular weight excluding hydrogens is 403 g/mol. The van der Waals surface area contributed by atoms with Crippen LogP contribution in [0.1, 0.15) is 40.0 Å². The van der Waals surface area contributed by atoms with Gasteiger partial charge in [0, 0.05) is 25.2 Å². The molecule has 9 heteroatoms. The van der Waals surface area contributed by atoms with E-state index in [2.05, 4.69) is 10.6 Å². The summed E-state index contributed by atoms with van der Waals surface area (Å²) in [6.07, 6.45) is 7.38. The average Bonchev–Trinajstić information content (AvgIpc) is 3.06. The van der Waals surface area contributed by atoms with Crippen molar-refractivity contribution in [3.05, 3.63) is 47.3 Å². The van der Waals surface area contributed by atoms with E-state index < -0.39 is 17.8 Å². The van der Waals surface area contributed by atoms with Gasteiger partial charge in [-0.2, -0.15) is 0 Å². The molecule has 170 valence electrons. The van der Waals surface area contributed by atoms with Gasteiger partial charge < -0.3 is 25.4 Å². The Balaban J connectivity index is 2.05. The number of aliphatic hydroxyl groups excluding tert-OH is 1. The zero-order valence-corrected chi connectivity index (χ0v) is 18.2. The molecule has 0 aromatic rings. The molecule has 2 rings (SSSR count). The smallest absolute Gasteiger partial charge is 0.251 e. The second-order valence-electron chi connectivity index (χ2n) is 7.90. The monoisotopic (exact) mass is 434 g/mol. The maximum Gasteiger partial charge on any atom is 0.251 e. The first-order valence-corrected chi connectivity index (χ1v) is 10.4. The fourth-order valence-electron chi connectivity index (χ4n) is 3.30. The Hall–Kier alpha value is -2.94. The number of amides is 2. The molecule has 4 N–H and O–H groups in total. The van der Waals surface area contributed by atoms with Gasteiger partial charge in [-0.05, 0) is 37.3 Å². The molecule has 0 aromatic carbocycles. The number of carbonyl (C=O) groups is 2. The zero-order valence-electron chi connectivity index (χ0n) is 18.2. The Morgan fingerprint density at radius 1 is 1.45 bits per heavy atom. The minimum Gasteiger partial charge on any atom is -0.461 e. The number of amidine groups is 1.